The van der Waals surface area contributed by atoms with Gasteiger partial charge < -0.3 is 10.6 Å². The fourth-order valence-electron chi connectivity index (χ4n) is 2.07. The van der Waals surface area contributed by atoms with Gasteiger partial charge in [-0.3, -0.25) is 4.79 Å². The molecule has 0 aliphatic carbocycles. The number of nitrogens with one attached hydrogen (secondary N) is 2. The van der Waals surface area contributed by atoms with E-state index in [2.05, 4.69) is 43.0 Å². The molecular formula is C19H23N3O. The maximum atomic E-state index is 12.2. The van der Waals surface area contributed by atoms with Crippen molar-refractivity contribution in [2.45, 2.75) is 26.2 Å². The fourth-order valence-corrected chi connectivity index (χ4v) is 2.07. The molecule has 0 aliphatic heterocycles. The van der Waals surface area contributed by atoms with Crippen LogP contribution < -0.4 is 10.6 Å². The molecule has 0 aliphatic rings. The van der Waals surface area contributed by atoms with Crippen LogP contribution >= 0.6 is 0 Å². The molecule has 1 aromatic heterocycles. The Balaban J connectivity index is 2.02. The molecule has 120 valence electrons. The number of carbonyl (C=O) groups excluding carboxylic acids is 1. The van der Waals surface area contributed by atoms with Gasteiger partial charge in [-0.2, -0.15) is 0 Å². The molecule has 0 spiro atoms. The zero-order valence-corrected chi connectivity index (χ0v) is 13.9. The summed E-state index contributed by atoms with van der Waals surface area (Å²) >= 11 is 0. The summed E-state index contributed by atoms with van der Waals surface area (Å²) in [5.74, 6) is -0.219. The Kier molecular flexibility index (Phi) is 5.16. The second-order valence-corrected chi connectivity index (χ2v) is 6.38. The standard InChI is InChI=1S/C19H23N3O/c1-5-12-20-16-10-11-17(21-13-16)18(23)22-15-8-6-14(7-9-15)19(2,3)4/h5-11,13,20H,1,12H2,2-4H3,(H,22,23). The Morgan fingerprint density at radius 3 is 2.30 bits per heavy atom. The van der Waals surface area contributed by atoms with Crippen molar-refractivity contribution in [2.75, 3.05) is 17.2 Å². The van der Waals surface area contributed by atoms with Crippen LogP contribution in [-0.2, 0) is 5.41 Å². The van der Waals surface area contributed by atoms with Gasteiger partial charge in [-0.1, -0.05) is 39.0 Å². The highest BCUT2D eigenvalue weighted by atomic mass is 16.1. The molecular weight excluding hydrogens is 286 g/mol. The van der Waals surface area contributed by atoms with E-state index in [-0.39, 0.29) is 11.3 Å². The highest BCUT2D eigenvalue weighted by molar-refractivity contribution is 6.02. The van der Waals surface area contributed by atoms with E-state index in [9.17, 15) is 4.79 Å². The molecule has 2 rings (SSSR count). The Hall–Kier alpha value is -2.62. The topological polar surface area (TPSA) is 54.0 Å². The minimum atomic E-state index is -0.219. The van der Waals surface area contributed by atoms with Gasteiger partial charge >= 0.3 is 0 Å². The lowest BCUT2D eigenvalue weighted by atomic mass is 9.87. The molecule has 4 nitrogen and oxygen atoms in total. The van der Waals surface area contributed by atoms with Gasteiger partial charge in [-0.15, -0.1) is 6.58 Å². The highest BCUT2D eigenvalue weighted by Crippen LogP contribution is 2.23. The third-order valence-corrected chi connectivity index (χ3v) is 3.46. The summed E-state index contributed by atoms with van der Waals surface area (Å²) in [6.45, 7) is 10.8. The van der Waals surface area contributed by atoms with Crippen LogP contribution in [0, 0.1) is 0 Å². The minimum Gasteiger partial charge on any atom is -0.380 e. The number of anilines is 2. The molecule has 0 fully saturated rings. The van der Waals surface area contributed by atoms with Crippen LogP contribution in [0.4, 0.5) is 11.4 Å². The average molecular weight is 309 g/mol. The van der Waals surface area contributed by atoms with Gasteiger partial charge in [0.15, 0.2) is 0 Å². The minimum absolute atomic E-state index is 0.0956. The Bertz CT molecular complexity index is 667. The first-order chi connectivity index (χ1) is 10.9. The van der Waals surface area contributed by atoms with E-state index < -0.39 is 0 Å². The van der Waals surface area contributed by atoms with Crippen molar-refractivity contribution in [3.63, 3.8) is 0 Å². The smallest absolute Gasteiger partial charge is 0.274 e. The maximum absolute atomic E-state index is 12.2. The summed E-state index contributed by atoms with van der Waals surface area (Å²) < 4.78 is 0. The van der Waals surface area contributed by atoms with Gasteiger partial charge in [0.05, 0.1) is 11.9 Å². The Labute approximate surface area is 137 Å². The van der Waals surface area contributed by atoms with Gasteiger partial charge in [0.25, 0.3) is 5.91 Å². The van der Waals surface area contributed by atoms with Gasteiger partial charge in [0.1, 0.15) is 5.69 Å². The molecule has 1 amide bonds. The summed E-state index contributed by atoms with van der Waals surface area (Å²) in [4.78, 5) is 16.4. The summed E-state index contributed by atoms with van der Waals surface area (Å²) in [5, 5.41) is 5.98. The first kappa shape index (κ1) is 16.7. The molecule has 0 atom stereocenters. The van der Waals surface area contributed by atoms with E-state index in [0.717, 1.165) is 11.4 Å². The van der Waals surface area contributed by atoms with Gasteiger partial charge in [0, 0.05) is 12.2 Å². The summed E-state index contributed by atoms with van der Waals surface area (Å²) in [7, 11) is 0. The van der Waals surface area contributed by atoms with Crippen LogP contribution in [-0.4, -0.2) is 17.4 Å². The number of pyridine rings is 1. The van der Waals surface area contributed by atoms with Crippen molar-refractivity contribution < 1.29 is 4.79 Å². The summed E-state index contributed by atoms with van der Waals surface area (Å²) in [6, 6.07) is 11.4. The molecule has 1 aromatic carbocycles. The lowest BCUT2D eigenvalue weighted by molar-refractivity contribution is 0.102. The normalized spacial score (nSPS) is 10.9. The molecule has 0 saturated carbocycles. The van der Waals surface area contributed by atoms with Gasteiger partial charge in [-0.25, -0.2) is 4.98 Å². The number of nitrogens with zero attached hydrogens (tertiary/aromatic N) is 1. The molecule has 2 N–H and O–H groups in total. The Morgan fingerprint density at radius 1 is 1.13 bits per heavy atom. The predicted octanol–water partition coefficient (Wildman–Crippen LogP) is 4.23. The second kappa shape index (κ2) is 7.09. The quantitative estimate of drug-likeness (QED) is 0.813. The van der Waals surface area contributed by atoms with Gasteiger partial charge in [0.2, 0.25) is 0 Å². The summed E-state index contributed by atoms with van der Waals surface area (Å²) in [6.07, 6.45) is 3.41. The second-order valence-electron chi connectivity index (χ2n) is 6.38. The average Bonchev–Trinajstić information content (AvgIpc) is 2.53. The number of rotatable bonds is 5. The van der Waals surface area contributed by atoms with Crippen molar-refractivity contribution in [1.82, 2.24) is 4.98 Å². The molecule has 23 heavy (non-hydrogen) atoms. The predicted molar refractivity (Wildman–Crippen MR) is 96.0 cm³/mol. The number of aromatic nitrogens is 1. The molecule has 4 heteroatoms. The zero-order valence-electron chi connectivity index (χ0n) is 13.9. The van der Waals surface area contributed by atoms with Crippen LogP contribution in [0.2, 0.25) is 0 Å². The van der Waals surface area contributed by atoms with Crippen LogP contribution in [0.3, 0.4) is 0 Å². The molecule has 2 aromatic rings. The first-order valence-corrected chi connectivity index (χ1v) is 7.63. The molecule has 0 bridgehead atoms. The lowest BCUT2D eigenvalue weighted by Gasteiger charge is -2.19. The first-order valence-electron chi connectivity index (χ1n) is 7.63. The third kappa shape index (κ3) is 4.68. The van der Waals surface area contributed by atoms with Crippen molar-refractivity contribution in [2.24, 2.45) is 0 Å². The van der Waals surface area contributed by atoms with Crippen LogP contribution in [0.5, 0.6) is 0 Å². The lowest BCUT2D eigenvalue weighted by Crippen LogP contribution is -2.15. The van der Waals surface area contributed by atoms with E-state index in [1.165, 1.54) is 5.56 Å². The third-order valence-electron chi connectivity index (χ3n) is 3.46. The zero-order chi connectivity index (χ0) is 16.9. The van der Waals surface area contributed by atoms with Crippen molar-refractivity contribution in [3.8, 4) is 0 Å². The van der Waals surface area contributed by atoms with E-state index in [1.807, 2.05) is 30.3 Å². The number of carbonyl (C=O) groups is 1. The highest BCUT2D eigenvalue weighted by Gasteiger charge is 2.13. The molecule has 0 saturated heterocycles. The maximum Gasteiger partial charge on any atom is 0.274 e. The van der Waals surface area contributed by atoms with Gasteiger partial charge in [-0.05, 0) is 35.2 Å². The van der Waals surface area contributed by atoms with Crippen molar-refractivity contribution in [1.29, 1.82) is 0 Å². The van der Waals surface area contributed by atoms with E-state index >= 15 is 0 Å². The number of hydrogen-bond donors (Lipinski definition) is 2. The van der Waals surface area contributed by atoms with Crippen LogP contribution in [0.15, 0.2) is 55.3 Å². The monoisotopic (exact) mass is 309 g/mol. The van der Waals surface area contributed by atoms with E-state index in [0.29, 0.717) is 12.2 Å². The van der Waals surface area contributed by atoms with E-state index in [4.69, 9.17) is 0 Å². The molecule has 1 heterocycles. The van der Waals surface area contributed by atoms with Crippen LogP contribution in [0.1, 0.15) is 36.8 Å². The largest absolute Gasteiger partial charge is 0.380 e. The number of amides is 1. The Morgan fingerprint density at radius 2 is 1.78 bits per heavy atom. The number of benzene rings is 1. The van der Waals surface area contributed by atoms with E-state index in [1.54, 1.807) is 18.3 Å². The molecule has 0 unspecified atom stereocenters. The summed E-state index contributed by atoms with van der Waals surface area (Å²) in [5.41, 5.74) is 3.33. The molecule has 0 radical (unpaired) electrons. The number of hydrogen-bond acceptors (Lipinski definition) is 3. The van der Waals surface area contributed by atoms with Crippen molar-refractivity contribution in [3.05, 3.63) is 66.5 Å². The fraction of sp³-hybridized carbons (Fsp3) is 0.263. The van der Waals surface area contributed by atoms with Crippen molar-refractivity contribution >= 4 is 17.3 Å². The SMILES string of the molecule is C=CCNc1ccc(C(=O)Nc2ccc(C(C)(C)C)cc2)nc1. The van der Waals surface area contributed by atoms with Crippen LogP contribution in [0.25, 0.3) is 0 Å².